The molecule has 0 saturated heterocycles. The zero-order valence-electron chi connectivity index (χ0n) is 26.7. The largest absolute Gasteiger partial charge is 0.492 e. The molecule has 0 aliphatic carbocycles. The van der Waals surface area contributed by atoms with Gasteiger partial charge in [-0.15, -0.1) is 0 Å². The molecule has 0 fully saturated rings. The average molecular weight is 748 g/mol. The third-order valence-electron chi connectivity index (χ3n) is 6.20. The quantitative estimate of drug-likeness (QED) is 0.133. The molecule has 49 heavy (non-hydrogen) atoms. The summed E-state index contributed by atoms with van der Waals surface area (Å²) in [4.78, 5) is 31.7. The maximum absolute atomic E-state index is 14.6. The Morgan fingerprint density at radius 3 is 1.59 bits per heavy atom. The van der Waals surface area contributed by atoms with E-state index in [0.717, 1.165) is 6.07 Å². The molecule has 0 aliphatic heterocycles. The molecule has 0 atom stereocenters. The number of carbonyl (C=O) groups excluding carboxylic acids is 2. The molecule has 4 rings (SSSR count). The van der Waals surface area contributed by atoms with Crippen molar-refractivity contribution in [2.75, 3.05) is 25.7 Å². The van der Waals surface area contributed by atoms with Crippen LogP contribution in [0.15, 0.2) is 30.3 Å². The number of benzene rings is 2. The van der Waals surface area contributed by atoms with E-state index in [4.69, 9.17) is 65.2 Å². The Bertz CT molecular complexity index is 1910. The highest BCUT2D eigenvalue weighted by molar-refractivity contribution is 6.36. The van der Waals surface area contributed by atoms with E-state index in [2.05, 4.69) is 9.97 Å². The van der Waals surface area contributed by atoms with Crippen LogP contribution >= 0.6 is 34.8 Å². The number of esters is 2. The Balaban J connectivity index is 0.000000266. The molecule has 0 saturated carbocycles. The van der Waals surface area contributed by atoms with E-state index in [9.17, 15) is 27.2 Å². The second kappa shape index (κ2) is 16.2. The number of hydrogen-bond acceptors (Lipinski definition) is 10. The Morgan fingerprint density at radius 1 is 0.694 bits per heavy atom. The number of nitrogen functional groups attached to an aromatic ring is 2. The molecule has 0 radical (unpaired) electrons. The molecule has 2 heterocycles. The van der Waals surface area contributed by atoms with Gasteiger partial charge in [-0.2, -0.15) is 0 Å². The molecule has 10 nitrogen and oxygen atoms in total. The minimum Gasteiger partial charge on any atom is -0.492 e. The zero-order chi connectivity index (χ0) is 36.9. The fourth-order valence-corrected chi connectivity index (χ4v) is 4.71. The van der Waals surface area contributed by atoms with Gasteiger partial charge in [0.05, 0.1) is 52.9 Å². The normalized spacial score (nSPS) is 10.8. The first-order valence-electron chi connectivity index (χ1n) is 14.0. The molecule has 0 amide bonds. The van der Waals surface area contributed by atoms with Gasteiger partial charge in [0.25, 0.3) is 0 Å². The van der Waals surface area contributed by atoms with Gasteiger partial charge in [-0.3, -0.25) is 0 Å². The molecule has 2 aromatic carbocycles. The first-order valence-corrected chi connectivity index (χ1v) is 15.1. The number of pyridine rings is 2. The summed E-state index contributed by atoms with van der Waals surface area (Å²) < 4.78 is 77.6. The van der Waals surface area contributed by atoms with Gasteiger partial charge in [0.2, 0.25) is 0 Å². The lowest BCUT2D eigenvalue weighted by Gasteiger charge is -2.14. The van der Waals surface area contributed by atoms with Gasteiger partial charge in [0.1, 0.15) is 11.4 Å². The van der Waals surface area contributed by atoms with Gasteiger partial charge in [-0.25, -0.2) is 37.1 Å². The van der Waals surface area contributed by atoms with Gasteiger partial charge in [0, 0.05) is 11.1 Å². The number of rotatable bonds is 8. The van der Waals surface area contributed by atoms with Crippen LogP contribution in [-0.2, 0) is 9.47 Å². The van der Waals surface area contributed by atoms with Crippen LogP contribution < -0.4 is 20.9 Å². The van der Waals surface area contributed by atoms with Gasteiger partial charge in [0.15, 0.2) is 46.2 Å². The van der Waals surface area contributed by atoms with E-state index in [1.165, 1.54) is 38.5 Å². The predicted molar refractivity (Wildman–Crippen MR) is 177 cm³/mol. The first-order chi connectivity index (χ1) is 22.9. The van der Waals surface area contributed by atoms with Crippen LogP contribution in [-0.4, -0.2) is 48.3 Å². The minimum atomic E-state index is -1.07. The molecular weight excluding hydrogens is 719 g/mol. The fourth-order valence-electron chi connectivity index (χ4n) is 4.06. The van der Waals surface area contributed by atoms with Crippen LogP contribution in [0.2, 0.25) is 15.1 Å². The van der Waals surface area contributed by atoms with Crippen molar-refractivity contribution in [1.29, 1.82) is 0 Å². The van der Waals surface area contributed by atoms with Crippen LogP contribution in [0.25, 0.3) is 22.5 Å². The standard InChI is InChI=1S/C16H14Cl2F2N2O3.C16H15ClF2N2O3/c1-6(2)25-16(23)14-9(18)12(21)11(20)13(22-14)7-4-5-8(17)15(24-3)10(7)19;1-7(2)24-16(22)11-6-10(20)13(19)14(21-11)8-4-5-9(17)15(23-3)12(8)18/h4-6H,1-3H3,(H2,21,22);4-7H,1-3H3,(H2,20,21). The molecular formula is C32H29Cl3F4N4O6. The fraction of sp³-hybridized carbons (Fsp3) is 0.250. The lowest BCUT2D eigenvalue weighted by atomic mass is 10.1. The van der Waals surface area contributed by atoms with Crippen LogP contribution in [0.5, 0.6) is 11.5 Å². The third kappa shape index (κ3) is 8.56. The summed E-state index contributed by atoms with van der Waals surface area (Å²) in [7, 11) is 2.43. The van der Waals surface area contributed by atoms with Crippen molar-refractivity contribution in [3.05, 3.63) is 80.1 Å². The molecule has 2 aromatic heterocycles. The molecule has 0 spiro atoms. The summed E-state index contributed by atoms with van der Waals surface area (Å²) in [6.07, 6.45) is -0.867. The van der Waals surface area contributed by atoms with E-state index >= 15 is 0 Å². The summed E-state index contributed by atoms with van der Waals surface area (Å²) in [5.41, 5.74) is 8.16. The summed E-state index contributed by atoms with van der Waals surface area (Å²) in [5.74, 6) is -6.15. The number of methoxy groups -OCH3 is 2. The highest BCUT2D eigenvalue weighted by atomic mass is 35.5. The van der Waals surface area contributed by atoms with Gasteiger partial charge < -0.3 is 30.4 Å². The van der Waals surface area contributed by atoms with Crippen LogP contribution in [0.3, 0.4) is 0 Å². The maximum Gasteiger partial charge on any atom is 0.358 e. The number of carbonyl (C=O) groups is 2. The highest BCUT2D eigenvalue weighted by Crippen LogP contribution is 2.39. The van der Waals surface area contributed by atoms with Crippen molar-refractivity contribution in [3.8, 4) is 34.0 Å². The van der Waals surface area contributed by atoms with Crippen LogP contribution in [0.4, 0.5) is 28.9 Å². The van der Waals surface area contributed by atoms with Crippen molar-refractivity contribution in [1.82, 2.24) is 9.97 Å². The van der Waals surface area contributed by atoms with Crippen molar-refractivity contribution >= 4 is 58.1 Å². The van der Waals surface area contributed by atoms with Gasteiger partial charge >= 0.3 is 11.9 Å². The smallest absolute Gasteiger partial charge is 0.358 e. The van der Waals surface area contributed by atoms with E-state index in [1.807, 2.05) is 0 Å². The Hall–Kier alpha value is -4.53. The molecule has 17 heteroatoms. The predicted octanol–water partition coefficient (Wildman–Crippen LogP) is 8.33. The number of ether oxygens (including phenoxy) is 4. The number of nitrogens with zero attached hydrogens (tertiary/aromatic N) is 2. The van der Waals surface area contributed by atoms with Crippen molar-refractivity contribution in [3.63, 3.8) is 0 Å². The maximum atomic E-state index is 14.6. The summed E-state index contributed by atoms with van der Waals surface area (Å²) in [6.45, 7) is 6.53. The third-order valence-corrected chi connectivity index (χ3v) is 7.18. The minimum absolute atomic E-state index is 0.00876. The highest BCUT2D eigenvalue weighted by Gasteiger charge is 2.27. The number of aromatic nitrogens is 2. The van der Waals surface area contributed by atoms with E-state index < -0.39 is 75.2 Å². The van der Waals surface area contributed by atoms with E-state index in [1.54, 1.807) is 27.7 Å². The number of halogens is 7. The lowest BCUT2D eigenvalue weighted by molar-refractivity contribution is 0.0360. The molecule has 4 N–H and O–H groups in total. The topological polar surface area (TPSA) is 149 Å². The molecule has 4 aromatic rings. The Labute approximate surface area is 293 Å². The van der Waals surface area contributed by atoms with Crippen molar-refractivity contribution < 1.29 is 46.1 Å². The number of anilines is 2. The molecule has 0 bridgehead atoms. The zero-order valence-corrected chi connectivity index (χ0v) is 29.0. The monoisotopic (exact) mass is 746 g/mol. The summed E-state index contributed by atoms with van der Waals surface area (Å²) >= 11 is 17.5. The SMILES string of the molecule is COc1c(Cl)ccc(-c2nc(C(=O)OC(C)C)c(Cl)c(N)c2F)c1F.COc1c(Cl)ccc(-c2nc(C(=O)OC(C)C)cc(N)c2F)c1F. The summed E-state index contributed by atoms with van der Waals surface area (Å²) in [6, 6.07) is 6.08. The second-order valence-electron chi connectivity index (χ2n) is 10.4. The van der Waals surface area contributed by atoms with E-state index in [-0.39, 0.29) is 44.1 Å². The lowest BCUT2D eigenvalue weighted by Crippen LogP contribution is -2.16. The molecule has 262 valence electrons. The summed E-state index contributed by atoms with van der Waals surface area (Å²) in [5, 5.41) is -0.402. The number of hydrogen-bond donors (Lipinski definition) is 2. The van der Waals surface area contributed by atoms with Gasteiger partial charge in [-0.1, -0.05) is 34.8 Å². The number of nitrogens with two attached hydrogens (primary N) is 2. The van der Waals surface area contributed by atoms with Gasteiger partial charge in [-0.05, 0) is 58.0 Å². The van der Waals surface area contributed by atoms with Crippen LogP contribution in [0.1, 0.15) is 48.7 Å². The van der Waals surface area contributed by atoms with Crippen molar-refractivity contribution in [2.24, 2.45) is 0 Å². The first kappa shape index (κ1) is 38.9. The second-order valence-corrected chi connectivity index (χ2v) is 11.6. The Kier molecular flexibility index (Phi) is 12.9. The molecule has 0 aliphatic rings. The van der Waals surface area contributed by atoms with Crippen LogP contribution in [0, 0.1) is 23.3 Å². The van der Waals surface area contributed by atoms with E-state index in [0.29, 0.717) is 0 Å². The van der Waals surface area contributed by atoms with Crippen molar-refractivity contribution in [2.45, 2.75) is 39.9 Å². The Morgan fingerprint density at radius 2 is 1.14 bits per heavy atom. The molecule has 0 unspecified atom stereocenters. The average Bonchev–Trinajstić information content (AvgIpc) is 3.02.